The van der Waals surface area contributed by atoms with Crippen molar-refractivity contribution in [2.75, 3.05) is 5.75 Å². The van der Waals surface area contributed by atoms with Gasteiger partial charge in [-0.3, -0.25) is 4.98 Å². The predicted molar refractivity (Wildman–Crippen MR) is 105 cm³/mol. The van der Waals surface area contributed by atoms with E-state index in [1.165, 1.54) is 37.6 Å². The first-order valence-electron chi connectivity index (χ1n) is 9.47. The Morgan fingerprint density at radius 3 is 2.12 bits per heavy atom. The van der Waals surface area contributed by atoms with Gasteiger partial charge in [-0.05, 0) is 19.1 Å². The van der Waals surface area contributed by atoms with Gasteiger partial charge >= 0.3 is 18.0 Å². The van der Waals surface area contributed by atoms with E-state index in [1.807, 2.05) is 0 Å². The van der Waals surface area contributed by atoms with Gasteiger partial charge in [-0.15, -0.1) is 0 Å². The van der Waals surface area contributed by atoms with Crippen LogP contribution in [0, 0.1) is 6.92 Å². The summed E-state index contributed by atoms with van der Waals surface area (Å²) in [6.45, 7) is 0.405. The second-order valence-electron chi connectivity index (χ2n) is 7.13. The van der Waals surface area contributed by atoms with Gasteiger partial charge < -0.3 is 4.57 Å². The van der Waals surface area contributed by atoms with Gasteiger partial charge in [0.05, 0.1) is 23.5 Å². The topological polar surface area (TPSA) is 90.6 Å². The number of pyridine rings is 1. The third-order valence-electron chi connectivity index (χ3n) is 4.90. The minimum Gasteiger partial charge on any atom is -0.328 e. The maximum Gasteiger partial charge on any atom is 0.459 e. The summed E-state index contributed by atoms with van der Waals surface area (Å²) in [4.78, 5) is 15.4. The number of aromatic nitrogens is 5. The lowest BCUT2D eigenvalue weighted by molar-refractivity contribution is -0.357. The van der Waals surface area contributed by atoms with Crippen LogP contribution in [0.2, 0.25) is 0 Å². The zero-order valence-electron chi connectivity index (χ0n) is 17.5. The Bertz CT molecular complexity index is 1290. The largest absolute Gasteiger partial charge is 0.459 e. The zero-order chi connectivity index (χ0) is 25.5. The molecule has 0 unspecified atom stereocenters. The van der Waals surface area contributed by atoms with Crippen molar-refractivity contribution in [2.24, 2.45) is 0 Å². The summed E-state index contributed by atoms with van der Waals surface area (Å²) in [6.07, 6.45) is -1.85. The van der Waals surface area contributed by atoms with Crippen LogP contribution < -0.4 is 0 Å². The van der Waals surface area contributed by atoms with Crippen LogP contribution in [0.3, 0.4) is 0 Å². The molecule has 0 aliphatic carbocycles. The number of nitrogens with zero attached hydrogens (tertiary/aromatic N) is 5. The summed E-state index contributed by atoms with van der Waals surface area (Å²) in [5.41, 5.74) is -0.645. The van der Waals surface area contributed by atoms with E-state index in [1.54, 1.807) is 0 Å². The number of sulfone groups is 1. The van der Waals surface area contributed by atoms with Gasteiger partial charge in [-0.1, -0.05) is 6.92 Å². The van der Waals surface area contributed by atoms with Crippen molar-refractivity contribution in [3.05, 3.63) is 42.7 Å². The molecule has 0 aromatic carbocycles. The van der Waals surface area contributed by atoms with Gasteiger partial charge in [0.25, 0.3) is 0 Å². The molecule has 0 bridgehead atoms. The first kappa shape index (κ1) is 25.5. The quantitative estimate of drug-likeness (QED) is 0.439. The SMILES string of the molecule is CCS(=O)(=O)c1cc(-c2ncccn2)cnc1-c1ncn(CC(F)(F)C(F)(F)C(F)(F)F)c1C. The first-order valence-corrected chi connectivity index (χ1v) is 11.1. The number of hydrogen-bond donors (Lipinski definition) is 0. The van der Waals surface area contributed by atoms with Crippen LogP contribution in [0.25, 0.3) is 22.8 Å². The Kier molecular flexibility index (Phi) is 6.45. The molecule has 0 spiro atoms. The molecule has 34 heavy (non-hydrogen) atoms. The van der Waals surface area contributed by atoms with Crippen LogP contribution in [0.15, 0.2) is 41.9 Å². The number of halogens is 7. The Hall–Kier alpha value is -3.10. The van der Waals surface area contributed by atoms with Gasteiger partial charge in [-0.25, -0.2) is 23.4 Å². The average molecular weight is 511 g/mol. The van der Waals surface area contributed by atoms with Crippen LogP contribution in [0.4, 0.5) is 30.7 Å². The molecule has 0 saturated heterocycles. The fraction of sp³-hybridized carbons (Fsp3) is 0.368. The highest BCUT2D eigenvalue weighted by Gasteiger charge is 2.72. The number of hydrogen-bond acceptors (Lipinski definition) is 6. The molecule has 0 radical (unpaired) electrons. The molecule has 3 aromatic heterocycles. The normalized spacial score (nSPS) is 13.3. The first-order chi connectivity index (χ1) is 15.6. The molecule has 0 aliphatic heterocycles. The van der Waals surface area contributed by atoms with Crippen LogP contribution in [0.1, 0.15) is 12.6 Å². The molecule has 0 aliphatic rings. The molecule has 0 amide bonds. The minimum atomic E-state index is -6.48. The van der Waals surface area contributed by atoms with Crippen LogP contribution in [0.5, 0.6) is 0 Å². The van der Waals surface area contributed by atoms with Gasteiger partial charge in [0, 0.05) is 29.8 Å². The van der Waals surface area contributed by atoms with Crippen molar-refractivity contribution in [1.82, 2.24) is 24.5 Å². The highest BCUT2D eigenvalue weighted by atomic mass is 32.2. The van der Waals surface area contributed by atoms with Gasteiger partial charge in [-0.2, -0.15) is 30.7 Å². The summed E-state index contributed by atoms with van der Waals surface area (Å²) >= 11 is 0. The van der Waals surface area contributed by atoms with E-state index in [4.69, 9.17) is 0 Å². The maximum absolute atomic E-state index is 13.9. The molecular formula is C19H16F7N5O2S. The minimum absolute atomic E-state index is 0.144. The fourth-order valence-electron chi connectivity index (χ4n) is 2.94. The van der Waals surface area contributed by atoms with Crippen molar-refractivity contribution in [2.45, 2.75) is 43.3 Å². The third-order valence-corrected chi connectivity index (χ3v) is 6.64. The lowest BCUT2D eigenvalue weighted by atomic mass is 10.1. The van der Waals surface area contributed by atoms with E-state index in [9.17, 15) is 39.2 Å². The molecule has 0 fully saturated rings. The Labute approximate surface area is 188 Å². The van der Waals surface area contributed by atoms with E-state index < -0.39 is 34.4 Å². The van der Waals surface area contributed by atoms with Crippen LogP contribution in [-0.2, 0) is 16.4 Å². The van der Waals surface area contributed by atoms with Gasteiger partial charge in [0.2, 0.25) is 0 Å². The third kappa shape index (κ3) is 4.48. The van der Waals surface area contributed by atoms with E-state index in [-0.39, 0.29) is 39.1 Å². The molecule has 184 valence electrons. The summed E-state index contributed by atoms with van der Waals surface area (Å²) in [5, 5.41) is 0. The van der Waals surface area contributed by atoms with E-state index in [0.717, 1.165) is 6.92 Å². The highest BCUT2D eigenvalue weighted by molar-refractivity contribution is 7.91. The van der Waals surface area contributed by atoms with Crippen LogP contribution >= 0.6 is 0 Å². The van der Waals surface area contributed by atoms with Gasteiger partial charge in [0.1, 0.15) is 11.4 Å². The summed E-state index contributed by atoms with van der Waals surface area (Å²) in [7, 11) is -3.98. The standard InChI is InChI=1S/C19H16F7N5O2S/c1-3-34(32,33)13-7-12(16-27-5-4-6-28-16)8-29-15(13)14-11(2)31(10-30-14)9-17(20,21)18(22,23)19(24,25)26/h4-8,10H,3,9H2,1-2H3. The number of rotatable bonds is 7. The number of alkyl halides is 7. The molecule has 0 atom stereocenters. The molecule has 3 heterocycles. The van der Waals surface area contributed by atoms with Crippen molar-refractivity contribution >= 4 is 9.84 Å². The molecular weight excluding hydrogens is 495 g/mol. The lowest BCUT2D eigenvalue weighted by Crippen LogP contribution is -2.53. The van der Waals surface area contributed by atoms with Crippen LogP contribution in [-0.4, -0.2) is 56.7 Å². The predicted octanol–water partition coefficient (Wildman–Crippen LogP) is 4.34. The number of imidazole rings is 1. The zero-order valence-corrected chi connectivity index (χ0v) is 18.3. The Balaban J connectivity index is 2.10. The molecule has 0 saturated carbocycles. The molecule has 15 heteroatoms. The summed E-state index contributed by atoms with van der Waals surface area (Å²) < 4.78 is 118. The second-order valence-corrected chi connectivity index (χ2v) is 9.38. The highest BCUT2D eigenvalue weighted by Crippen LogP contribution is 2.47. The van der Waals surface area contributed by atoms with Crippen molar-refractivity contribution in [3.63, 3.8) is 0 Å². The summed E-state index contributed by atoms with van der Waals surface area (Å²) in [5.74, 6) is -12.0. The average Bonchev–Trinajstić information content (AvgIpc) is 3.12. The van der Waals surface area contributed by atoms with Gasteiger partial charge in [0.15, 0.2) is 15.7 Å². The summed E-state index contributed by atoms with van der Waals surface area (Å²) in [6, 6.07) is 2.73. The van der Waals surface area contributed by atoms with E-state index >= 15 is 0 Å². The fourth-order valence-corrected chi connectivity index (χ4v) is 4.00. The van der Waals surface area contributed by atoms with Crippen molar-refractivity contribution in [1.29, 1.82) is 0 Å². The Morgan fingerprint density at radius 1 is 0.941 bits per heavy atom. The molecule has 7 nitrogen and oxygen atoms in total. The van der Waals surface area contributed by atoms with E-state index in [2.05, 4.69) is 19.9 Å². The maximum atomic E-state index is 13.9. The molecule has 0 N–H and O–H groups in total. The monoisotopic (exact) mass is 511 g/mol. The van der Waals surface area contributed by atoms with Crippen molar-refractivity contribution < 1.29 is 39.2 Å². The van der Waals surface area contributed by atoms with E-state index in [0.29, 0.717) is 10.9 Å². The second kappa shape index (κ2) is 8.60. The Morgan fingerprint density at radius 2 is 1.56 bits per heavy atom. The van der Waals surface area contributed by atoms with Crippen molar-refractivity contribution in [3.8, 4) is 22.8 Å². The lowest BCUT2D eigenvalue weighted by Gasteiger charge is -2.28. The molecule has 3 aromatic rings. The smallest absolute Gasteiger partial charge is 0.328 e. The molecule has 3 rings (SSSR count).